The number of hydrogen-bond donors (Lipinski definition) is 2. The number of urea groups is 1. The van der Waals surface area contributed by atoms with Crippen LogP contribution in [0.5, 0.6) is 5.75 Å². The predicted molar refractivity (Wildman–Crippen MR) is 144 cm³/mol. The zero-order valence-corrected chi connectivity index (χ0v) is 20.8. The Morgan fingerprint density at radius 2 is 1.89 bits per heavy atom. The molecule has 8 nitrogen and oxygen atoms in total. The summed E-state index contributed by atoms with van der Waals surface area (Å²) in [6, 6.07) is 20.5. The van der Waals surface area contributed by atoms with E-state index in [4.69, 9.17) is 4.74 Å². The Morgan fingerprint density at radius 3 is 2.66 bits per heavy atom. The number of rotatable bonds is 6. The summed E-state index contributed by atoms with van der Waals surface area (Å²) >= 11 is 0. The van der Waals surface area contributed by atoms with Gasteiger partial charge in [-0.1, -0.05) is 36.4 Å². The number of nitrogens with zero attached hydrogens (tertiary/aromatic N) is 2. The normalized spacial score (nSPS) is 18.3. The van der Waals surface area contributed by atoms with Crippen LogP contribution in [-0.2, 0) is 11.2 Å². The molecule has 0 aliphatic carbocycles. The lowest BCUT2D eigenvalue weighted by Crippen LogP contribution is -2.44. The number of aromatic nitrogens is 1. The minimum absolute atomic E-state index is 0.253. The Balaban J connectivity index is 1.42. The SMILES string of the molecule is C=CCNC(=O)c1ccc(N2C(=O)[C@@H]3Cc4c([nH]c5ccccc45)[C@H](c4cccc(OC)c4)N3C2=O)cc1. The lowest BCUT2D eigenvalue weighted by molar-refractivity contribution is -0.120. The summed E-state index contributed by atoms with van der Waals surface area (Å²) in [6.45, 7) is 3.95. The van der Waals surface area contributed by atoms with Crippen LogP contribution < -0.4 is 15.0 Å². The van der Waals surface area contributed by atoms with Crippen molar-refractivity contribution in [1.82, 2.24) is 15.2 Å². The van der Waals surface area contributed by atoms with Crippen molar-refractivity contribution < 1.29 is 19.1 Å². The number of carbonyl (C=O) groups is 3. The summed E-state index contributed by atoms with van der Waals surface area (Å²) in [4.78, 5) is 46.5. The average Bonchev–Trinajstić information content (AvgIpc) is 3.44. The maximum atomic E-state index is 14.0. The van der Waals surface area contributed by atoms with Crippen LogP contribution in [0.1, 0.15) is 33.2 Å². The van der Waals surface area contributed by atoms with Gasteiger partial charge in [0.2, 0.25) is 0 Å². The van der Waals surface area contributed by atoms with E-state index in [0.29, 0.717) is 30.0 Å². The molecule has 0 spiro atoms. The molecule has 190 valence electrons. The summed E-state index contributed by atoms with van der Waals surface area (Å²) in [7, 11) is 1.60. The van der Waals surface area contributed by atoms with Crippen molar-refractivity contribution in [3.8, 4) is 5.75 Å². The molecule has 3 aromatic carbocycles. The molecule has 6 rings (SSSR count). The first-order valence-electron chi connectivity index (χ1n) is 12.4. The molecule has 38 heavy (non-hydrogen) atoms. The second-order valence-corrected chi connectivity index (χ2v) is 9.37. The fourth-order valence-electron chi connectivity index (χ4n) is 5.50. The van der Waals surface area contributed by atoms with Gasteiger partial charge >= 0.3 is 6.03 Å². The molecule has 0 bridgehead atoms. The Labute approximate surface area is 219 Å². The maximum Gasteiger partial charge on any atom is 0.332 e. The summed E-state index contributed by atoms with van der Waals surface area (Å²) in [5.74, 6) is 0.126. The van der Waals surface area contributed by atoms with Crippen LogP contribution in [-0.4, -0.2) is 47.4 Å². The van der Waals surface area contributed by atoms with E-state index < -0.39 is 18.1 Å². The van der Waals surface area contributed by atoms with Crippen molar-refractivity contribution in [1.29, 1.82) is 0 Å². The lowest BCUT2D eigenvalue weighted by atomic mass is 9.89. The number of methoxy groups -OCH3 is 1. The lowest BCUT2D eigenvalue weighted by Gasteiger charge is -2.36. The number of H-pyrrole nitrogens is 1. The van der Waals surface area contributed by atoms with Gasteiger partial charge in [-0.2, -0.15) is 0 Å². The first-order valence-corrected chi connectivity index (χ1v) is 12.4. The van der Waals surface area contributed by atoms with Crippen LogP contribution >= 0.6 is 0 Å². The first-order chi connectivity index (χ1) is 18.5. The van der Waals surface area contributed by atoms with E-state index in [1.54, 1.807) is 42.4 Å². The molecule has 1 saturated heterocycles. The van der Waals surface area contributed by atoms with Crippen LogP contribution in [0.3, 0.4) is 0 Å². The van der Waals surface area contributed by atoms with Gasteiger partial charge in [-0.25, -0.2) is 9.69 Å². The smallest absolute Gasteiger partial charge is 0.332 e. The summed E-state index contributed by atoms with van der Waals surface area (Å²) in [5, 5.41) is 3.77. The molecule has 0 saturated carbocycles. The molecule has 4 aromatic rings. The molecule has 3 heterocycles. The van der Waals surface area contributed by atoms with E-state index in [2.05, 4.69) is 16.9 Å². The van der Waals surface area contributed by atoms with Gasteiger partial charge in [0.25, 0.3) is 11.8 Å². The molecular formula is C30H26N4O4. The molecule has 8 heteroatoms. The van der Waals surface area contributed by atoms with Gasteiger partial charge in [-0.3, -0.25) is 14.5 Å². The van der Waals surface area contributed by atoms with Crippen LogP contribution in [0, 0.1) is 0 Å². The number of anilines is 1. The third-order valence-corrected chi connectivity index (χ3v) is 7.25. The number of benzene rings is 3. The van der Waals surface area contributed by atoms with Crippen molar-refractivity contribution in [2.45, 2.75) is 18.5 Å². The van der Waals surface area contributed by atoms with Crippen LogP contribution in [0.2, 0.25) is 0 Å². The number of hydrogen-bond acceptors (Lipinski definition) is 4. The molecule has 2 aliphatic heterocycles. The Bertz CT molecular complexity index is 1590. The number of fused-ring (bicyclic) bond motifs is 4. The van der Waals surface area contributed by atoms with E-state index in [9.17, 15) is 14.4 Å². The van der Waals surface area contributed by atoms with Crippen molar-refractivity contribution in [2.75, 3.05) is 18.6 Å². The largest absolute Gasteiger partial charge is 0.497 e. The van der Waals surface area contributed by atoms with Crippen molar-refractivity contribution >= 4 is 34.4 Å². The van der Waals surface area contributed by atoms with Crippen LogP contribution in [0.25, 0.3) is 10.9 Å². The van der Waals surface area contributed by atoms with E-state index in [0.717, 1.165) is 27.7 Å². The highest BCUT2D eigenvalue weighted by atomic mass is 16.5. The van der Waals surface area contributed by atoms with Crippen molar-refractivity contribution in [2.24, 2.45) is 0 Å². The van der Waals surface area contributed by atoms with E-state index in [1.165, 1.54) is 4.90 Å². The van der Waals surface area contributed by atoms with Crippen molar-refractivity contribution in [3.63, 3.8) is 0 Å². The molecule has 2 aliphatic rings. The highest BCUT2D eigenvalue weighted by Crippen LogP contribution is 2.45. The molecule has 0 unspecified atom stereocenters. The van der Waals surface area contributed by atoms with Gasteiger partial charge in [-0.05, 0) is 53.6 Å². The molecule has 1 fully saturated rings. The van der Waals surface area contributed by atoms with E-state index >= 15 is 0 Å². The quantitative estimate of drug-likeness (QED) is 0.296. The molecule has 0 radical (unpaired) electrons. The van der Waals surface area contributed by atoms with Crippen LogP contribution in [0.4, 0.5) is 10.5 Å². The number of carbonyl (C=O) groups excluding carboxylic acids is 3. The van der Waals surface area contributed by atoms with Gasteiger partial charge in [0.15, 0.2) is 0 Å². The summed E-state index contributed by atoms with van der Waals surface area (Å²) < 4.78 is 5.47. The second kappa shape index (κ2) is 9.23. The van der Waals surface area contributed by atoms with Gasteiger partial charge in [-0.15, -0.1) is 6.58 Å². The zero-order chi connectivity index (χ0) is 26.4. The maximum absolute atomic E-state index is 14.0. The monoisotopic (exact) mass is 506 g/mol. The highest BCUT2D eigenvalue weighted by Gasteiger charge is 2.53. The third kappa shape index (κ3) is 3.64. The zero-order valence-electron chi connectivity index (χ0n) is 20.8. The van der Waals surface area contributed by atoms with E-state index in [1.807, 2.05) is 48.5 Å². The molecule has 1 aromatic heterocycles. The molecule has 2 N–H and O–H groups in total. The number of amides is 4. The Hall–Kier alpha value is -4.85. The Morgan fingerprint density at radius 1 is 1.11 bits per heavy atom. The third-order valence-electron chi connectivity index (χ3n) is 7.25. The van der Waals surface area contributed by atoms with Gasteiger partial charge < -0.3 is 15.0 Å². The number of imide groups is 1. The van der Waals surface area contributed by atoms with Gasteiger partial charge in [0.1, 0.15) is 17.8 Å². The number of aromatic amines is 1. The minimum atomic E-state index is -0.666. The van der Waals surface area contributed by atoms with Crippen LogP contribution in [0.15, 0.2) is 85.5 Å². The number of para-hydroxylation sites is 1. The molecule has 4 amide bonds. The molecular weight excluding hydrogens is 480 g/mol. The van der Waals surface area contributed by atoms with Gasteiger partial charge in [0, 0.05) is 35.1 Å². The standard InChI is InChI=1S/C30H26N4O4/c1-3-15-31-28(35)18-11-13-20(14-12-18)33-29(36)25-17-23-22-9-4-5-10-24(22)32-26(23)27(34(25)30(33)37)19-7-6-8-21(16-19)38-2/h3-14,16,25,27,32H,1,15,17H2,2H3,(H,31,35)/t25-,27-/m0/s1. The van der Waals surface area contributed by atoms with E-state index in [-0.39, 0.29) is 11.8 Å². The fraction of sp³-hybridized carbons (Fsp3) is 0.167. The average molecular weight is 507 g/mol. The second-order valence-electron chi connectivity index (χ2n) is 9.37. The number of nitrogens with one attached hydrogen (secondary N) is 2. The Kier molecular flexibility index (Phi) is 5.72. The molecule has 2 atom stereocenters. The summed E-state index contributed by atoms with van der Waals surface area (Å²) in [6.07, 6.45) is 2.00. The van der Waals surface area contributed by atoms with Gasteiger partial charge in [0.05, 0.1) is 12.8 Å². The fourth-order valence-corrected chi connectivity index (χ4v) is 5.50. The minimum Gasteiger partial charge on any atom is -0.497 e. The topological polar surface area (TPSA) is 94.7 Å². The predicted octanol–water partition coefficient (Wildman–Crippen LogP) is 4.58. The summed E-state index contributed by atoms with van der Waals surface area (Å²) in [5.41, 5.74) is 4.60. The number of ether oxygens (including phenoxy) is 1. The van der Waals surface area contributed by atoms with Crippen molar-refractivity contribution in [3.05, 3.63) is 108 Å². The first kappa shape index (κ1) is 23.5. The highest BCUT2D eigenvalue weighted by molar-refractivity contribution is 6.22.